The molecule has 5 aliphatic carbocycles. The number of benzene rings is 2. The first-order valence-corrected chi connectivity index (χ1v) is 47.2. The summed E-state index contributed by atoms with van der Waals surface area (Å²) in [7, 11) is 8.93. The Morgan fingerprint density at radius 3 is 1.09 bits per heavy atom. The van der Waals surface area contributed by atoms with E-state index >= 15 is 0 Å². The number of nitrogens with zero attached hydrogens (tertiary/aromatic N) is 5. The zero-order chi connectivity index (χ0) is 100. The van der Waals surface area contributed by atoms with Gasteiger partial charge in [-0.2, -0.15) is 0 Å². The summed E-state index contributed by atoms with van der Waals surface area (Å²) in [6.45, 7) is 4.68. The third-order valence-corrected chi connectivity index (χ3v) is 25.3. The highest BCUT2D eigenvalue weighted by atomic mass is 35.5. The van der Waals surface area contributed by atoms with E-state index in [2.05, 4.69) is 40.3 Å². The van der Waals surface area contributed by atoms with Crippen LogP contribution in [0.3, 0.4) is 0 Å². The second-order valence-electron chi connectivity index (χ2n) is 32.9. The number of ketones is 1. The van der Waals surface area contributed by atoms with Crippen molar-refractivity contribution >= 4 is 103 Å². The number of aromatic nitrogens is 5. The number of Topliss-reactive ketones (excluding diaryl/α,β-unsaturated/α-hetero) is 1. The van der Waals surface area contributed by atoms with Crippen molar-refractivity contribution in [2.45, 2.75) is 240 Å². The maximum atomic E-state index is 13.4. The molecule has 24 nitrogen and oxygen atoms in total. The number of carbonyl (C=O) groups excluding carboxylic acids is 5. The van der Waals surface area contributed by atoms with E-state index in [4.69, 9.17) is 66.8 Å². The third kappa shape index (κ3) is 46.7. The Bertz CT molecular complexity index is 5140. The summed E-state index contributed by atoms with van der Waals surface area (Å²) in [5.74, 6) is -11.4. The van der Waals surface area contributed by atoms with Gasteiger partial charge in [0.1, 0.15) is 62.4 Å². The second-order valence-corrected chi connectivity index (χ2v) is 35.7. The topological polar surface area (TPSA) is 328 Å². The van der Waals surface area contributed by atoms with Crippen molar-refractivity contribution in [3.05, 3.63) is 212 Å². The molecule has 5 aliphatic rings. The van der Waals surface area contributed by atoms with Gasteiger partial charge in [-0.1, -0.05) is 150 Å². The molecule has 0 radical (unpaired) electrons. The lowest BCUT2D eigenvalue weighted by molar-refractivity contribution is -0.120. The Kier molecular flexibility index (Phi) is 58.7. The van der Waals surface area contributed by atoms with E-state index in [9.17, 15) is 77.2 Å². The van der Waals surface area contributed by atoms with E-state index in [1.165, 1.54) is 66.4 Å². The number of carbonyl (C=O) groups is 6. The van der Waals surface area contributed by atoms with Crippen LogP contribution in [0.1, 0.15) is 260 Å². The van der Waals surface area contributed by atoms with Gasteiger partial charge in [0.05, 0.1) is 106 Å². The highest BCUT2D eigenvalue weighted by molar-refractivity contribution is 7.53. The maximum absolute atomic E-state index is 13.4. The van der Waals surface area contributed by atoms with Crippen molar-refractivity contribution in [1.29, 1.82) is 0 Å². The highest BCUT2D eigenvalue weighted by Gasteiger charge is 2.39. The van der Waals surface area contributed by atoms with Gasteiger partial charge in [0.25, 0.3) is 0 Å². The zero-order valence-corrected chi connectivity index (χ0v) is 81.8. The van der Waals surface area contributed by atoms with Crippen LogP contribution < -0.4 is 40.1 Å². The van der Waals surface area contributed by atoms with Gasteiger partial charge in [-0.05, 0) is 161 Å². The number of esters is 1. The minimum absolute atomic E-state index is 0. The fourth-order valence-corrected chi connectivity index (χ4v) is 16.9. The number of pyridine rings is 5. The summed E-state index contributed by atoms with van der Waals surface area (Å²) in [6, 6.07) is 23.4. The van der Waals surface area contributed by atoms with Crippen LogP contribution in [-0.2, 0) is 64.7 Å². The van der Waals surface area contributed by atoms with Gasteiger partial charge >= 0.3 is 19.5 Å². The molecular weight excluding hydrogens is 1930 g/mol. The molecule has 5 heterocycles. The number of halogens is 13. The number of nitrogens with one attached hydrogen (secondary N) is 2. The molecule has 5 N–H and O–H groups in total. The van der Waals surface area contributed by atoms with Crippen molar-refractivity contribution in [2.24, 2.45) is 35.3 Å². The lowest BCUT2D eigenvalue weighted by atomic mass is 9.86. The van der Waals surface area contributed by atoms with Gasteiger partial charge in [0.2, 0.25) is 41.4 Å². The van der Waals surface area contributed by atoms with Crippen LogP contribution in [0.25, 0.3) is 24.3 Å². The number of rotatable bonds is 31. The van der Waals surface area contributed by atoms with Crippen LogP contribution in [0.2, 0.25) is 10.3 Å². The molecule has 0 spiro atoms. The van der Waals surface area contributed by atoms with Gasteiger partial charge in [-0.15, -0.1) is 12.4 Å². The van der Waals surface area contributed by atoms with Crippen LogP contribution in [-0.4, -0.2) is 165 Å². The number of ether oxygens (including phenoxy) is 6. The summed E-state index contributed by atoms with van der Waals surface area (Å²) in [5.41, 5.74) is 13.3. The van der Waals surface area contributed by atoms with E-state index in [1.807, 2.05) is 85.0 Å². The first-order valence-electron chi connectivity index (χ1n) is 44.7. The molecule has 0 atom stereocenters. The number of hydrogen-bond donors (Lipinski definition) is 4. The number of aryl methyl sites for hydroxylation is 1. The monoisotopic (exact) mass is 2070 g/mol. The van der Waals surface area contributed by atoms with E-state index < -0.39 is 49.1 Å². The molecule has 2 aromatic carbocycles. The van der Waals surface area contributed by atoms with E-state index in [1.54, 1.807) is 77.7 Å². The minimum atomic E-state index is -3.17. The Labute approximate surface area is 839 Å². The predicted molar refractivity (Wildman–Crippen MR) is 537 cm³/mol. The summed E-state index contributed by atoms with van der Waals surface area (Å²) in [6.07, 6.45) is 28.2. The molecule has 5 fully saturated rings. The Balaban J connectivity index is 0.000000838. The number of likely N-dealkylation sites (N-methyl/N-ethyl adjacent to an activating group) is 2. The molecule has 0 unspecified atom stereocenters. The molecule has 0 saturated heterocycles. The van der Waals surface area contributed by atoms with Crippen molar-refractivity contribution in [2.75, 3.05) is 70.0 Å². The largest absolute Gasteiger partial charge is 0.495 e. The molecule has 7 aromatic rings. The highest BCUT2D eigenvalue weighted by Crippen LogP contribution is 2.53. The SMILES string of the molecule is C.C.C.C.CCOP(=O)(Cc1cc(Cl)ncc1OC)OCC.CNC(=O)Cc1cccc(CCC(=O)c2cc(/C=C/C3CCC(F)(F)CC3)c(OC)cn2)c1.CNC(=O)Cc1cccc(CN)c1.COC(=O)c1cc(/C=C/C2CCC(F)(F)CC2)c(OC)cn1.COc1cnc(C(=O)O)cc1/C=C/C1CCC(F)(F)CC1.COc1cnc(Cl)cc1/C=C/C1CCC(F)(F)CC1.Cl.O=CC1CCC(F)(F)CC1. The summed E-state index contributed by atoms with van der Waals surface area (Å²) in [4.78, 5) is 87.8. The normalized spacial score (nSPS) is 16.3. The number of amides is 2. The van der Waals surface area contributed by atoms with Crippen LogP contribution in [0, 0.1) is 29.6 Å². The number of aldehydes is 1. The van der Waals surface area contributed by atoms with Gasteiger partial charge in [-0.3, -0.25) is 18.9 Å². The predicted octanol–water partition coefficient (Wildman–Crippen LogP) is 25.9. The first kappa shape index (κ1) is 129. The smallest absolute Gasteiger partial charge is 0.356 e. The fourth-order valence-electron chi connectivity index (χ4n) is 14.9. The number of nitrogens with two attached hydrogens (primary N) is 1. The number of carboxylic acids is 1. The van der Waals surface area contributed by atoms with Crippen molar-refractivity contribution < 1.29 is 120 Å². The summed E-state index contributed by atoms with van der Waals surface area (Å²) < 4.78 is 184. The molecular formula is C103H140Cl3F10N8O16P. The summed E-state index contributed by atoms with van der Waals surface area (Å²) in [5, 5.41) is 14.8. The minimum Gasteiger partial charge on any atom is -0.495 e. The first-order chi connectivity index (χ1) is 64.6. The number of methoxy groups -OCH3 is 6. The fraction of sp³-hybridized carbons (Fsp3) is 0.505. The number of allylic oxidation sites excluding steroid dienone is 4. The standard InChI is InChI=1S/C26H30F2N2O3.C16H19F2NO3.C15H17F2NO3.C14H16ClF2NO.C11H17ClNO4P.C10H14N2O.C7H10F2O.4CH4.ClH/c1-29-25(32)15-20-5-3-4-19(14-20)7-9-23(31)22-16-21(24(33-2)17-30-22)8-6-18-10-12-26(27,28)13-11-18;1-21-14-10-19-13(15(20)22-2)9-12(14)4-3-11-5-7-16(17,18)8-6-11;1-21-13-9-18-12(14(19)20)8-11(13)3-2-10-4-6-15(16,17)7-5-10;1-19-12-9-18-13(15)8-11(12)3-2-10-4-6-14(16,17)7-5-10;1-4-16-18(14,17-5-2)8-9-6-11(12)13-7-10(9)15-3;1-12-10(13)6-8-3-2-4-9(5-8)7-11;8-7(9)3-1-6(5-10)2-4-7;;;;;/h3-6,8,14,16-18H,7,9-13,15H2,1-2H3,(H,29,32);3-4,9-11H,5-8H2,1-2H3;2-3,8-10H,4-7H2,1H3,(H,19,20);2-3,8-10H,4-7H2,1H3;6-7H,4-5,8H2,1-3H3;2-5H,6-7,11H2,1H3,(H,12,13);5-6H,1-4H2;4*1H4;1H/b8-6+;4-3+;2*3-2+;;;;;;;;. The lowest BCUT2D eigenvalue weighted by Crippen LogP contribution is -2.24. The van der Waals surface area contributed by atoms with Crippen molar-refractivity contribution in [3.8, 4) is 28.7 Å². The lowest BCUT2D eigenvalue weighted by Gasteiger charge is -2.26. The maximum Gasteiger partial charge on any atom is 0.356 e. The molecule has 5 saturated carbocycles. The Morgan fingerprint density at radius 2 is 0.752 bits per heavy atom. The number of alkyl halides is 10. The Hall–Kier alpha value is -10.4. The molecule has 0 aliphatic heterocycles. The van der Waals surface area contributed by atoms with E-state index in [0.29, 0.717) is 170 Å². The van der Waals surface area contributed by atoms with Crippen LogP contribution >= 0.6 is 43.2 Å². The molecule has 141 heavy (non-hydrogen) atoms. The van der Waals surface area contributed by atoms with Crippen molar-refractivity contribution in [1.82, 2.24) is 35.6 Å². The van der Waals surface area contributed by atoms with Crippen LogP contribution in [0.5, 0.6) is 28.7 Å². The van der Waals surface area contributed by atoms with Gasteiger partial charge in [0.15, 0.2) is 5.78 Å². The van der Waals surface area contributed by atoms with Gasteiger partial charge in [-0.25, -0.2) is 78.4 Å². The number of carboxylic acid groups (broad SMARTS) is 1. The number of hydrogen-bond acceptors (Lipinski definition) is 21. The van der Waals surface area contributed by atoms with E-state index in [-0.39, 0.29) is 177 Å². The molecule has 12 rings (SSSR count). The quantitative estimate of drug-likeness (QED) is 0.00783. The average Bonchev–Trinajstić information content (AvgIpc) is 0.828. The molecule has 38 heteroatoms. The average molecular weight is 2070 g/mol. The van der Waals surface area contributed by atoms with E-state index in [0.717, 1.165) is 34.1 Å². The zero-order valence-electron chi connectivity index (χ0n) is 78.5. The van der Waals surface area contributed by atoms with Crippen molar-refractivity contribution in [3.63, 3.8) is 0 Å². The van der Waals surface area contributed by atoms with Crippen LogP contribution in [0.4, 0.5) is 43.9 Å². The van der Waals surface area contributed by atoms with Gasteiger partial charge in [0, 0.05) is 125 Å². The molecule has 0 bridgehead atoms. The third-order valence-electron chi connectivity index (χ3n) is 22.8. The molecule has 2 amide bonds. The Morgan fingerprint density at radius 1 is 0.447 bits per heavy atom. The van der Waals surface area contributed by atoms with Crippen LogP contribution in [0.15, 0.2) is 134 Å². The second kappa shape index (κ2) is 64.3. The molecule has 5 aromatic heterocycles. The van der Waals surface area contributed by atoms with Gasteiger partial charge < -0.3 is 63.7 Å². The molecule has 784 valence electrons. The number of aromatic carboxylic acids is 1. The summed E-state index contributed by atoms with van der Waals surface area (Å²) >= 11 is 11.7.